The number of nitrogens with one attached hydrogen (secondary N) is 1. The molecule has 0 spiro atoms. The Labute approximate surface area is 113 Å². The van der Waals surface area contributed by atoms with Crippen molar-refractivity contribution in [3.05, 3.63) is 29.6 Å². The zero-order chi connectivity index (χ0) is 13.9. The Hall–Kier alpha value is -0.980. The van der Waals surface area contributed by atoms with Crippen LogP contribution in [0.25, 0.3) is 0 Å². The average Bonchev–Trinajstić information content (AvgIpc) is 2.90. The largest absolute Gasteiger partial charge is 0.313 e. The third-order valence-electron chi connectivity index (χ3n) is 3.26. The molecule has 0 atom stereocenters. The highest BCUT2D eigenvalue weighted by molar-refractivity contribution is 7.89. The molecule has 0 amide bonds. The second kappa shape index (κ2) is 5.98. The lowest BCUT2D eigenvalue weighted by Gasteiger charge is -2.16. The van der Waals surface area contributed by atoms with Gasteiger partial charge in [0.1, 0.15) is 10.7 Å². The molecule has 0 unspecified atom stereocenters. The number of nitrogens with zero attached hydrogens (tertiary/aromatic N) is 1. The Bertz CT molecular complexity index is 540. The molecule has 6 heteroatoms. The number of halogens is 1. The highest BCUT2D eigenvalue weighted by atomic mass is 32.2. The SMILES string of the molecule is CCNCc1ccc(S(=O)(=O)N2CCCC2)c(F)c1. The number of sulfonamides is 1. The fraction of sp³-hybridized carbons (Fsp3) is 0.538. The Kier molecular flexibility index (Phi) is 4.54. The maximum absolute atomic E-state index is 14.0. The molecule has 0 saturated carbocycles. The standard InChI is InChI=1S/C13H19FN2O2S/c1-2-15-10-11-5-6-13(12(14)9-11)19(17,18)16-7-3-4-8-16/h5-6,9,15H,2-4,7-8,10H2,1H3. The number of hydrogen-bond donors (Lipinski definition) is 1. The van der Waals surface area contributed by atoms with Crippen molar-refractivity contribution < 1.29 is 12.8 Å². The van der Waals surface area contributed by atoms with Crippen molar-refractivity contribution in [2.45, 2.75) is 31.2 Å². The van der Waals surface area contributed by atoms with Crippen molar-refractivity contribution in [2.24, 2.45) is 0 Å². The van der Waals surface area contributed by atoms with Crippen molar-refractivity contribution in [1.29, 1.82) is 0 Å². The van der Waals surface area contributed by atoms with E-state index in [0.29, 0.717) is 19.6 Å². The third kappa shape index (κ3) is 3.13. The predicted molar refractivity (Wildman–Crippen MR) is 71.8 cm³/mol. The molecule has 0 aromatic heterocycles. The van der Waals surface area contributed by atoms with Crippen LogP contribution >= 0.6 is 0 Å². The lowest BCUT2D eigenvalue weighted by atomic mass is 10.2. The Morgan fingerprint density at radius 1 is 1.32 bits per heavy atom. The molecule has 1 saturated heterocycles. The molecule has 0 radical (unpaired) electrons. The summed E-state index contributed by atoms with van der Waals surface area (Å²) in [6, 6.07) is 4.33. The van der Waals surface area contributed by atoms with Crippen LogP contribution in [0.2, 0.25) is 0 Å². The second-order valence-electron chi connectivity index (χ2n) is 4.66. The molecule has 19 heavy (non-hydrogen) atoms. The molecular weight excluding hydrogens is 267 g/mol. The van der Waals surface area contributed by atoms with E-state index in [1.165, 1.54) is 16.4 Å². The van der Waals surface area contributed by atoms with Gasteiger partial charge in [-0.3, -0.25) is 0 Å². The first kappa shape index (κ1) is 14.4. The van der Waals surface area contributed by atoms with Gasteiger partial charge in [-0.1, -0.05) is 13.0 Å². The van der Waals surface area contributed by atoms with Crippen molar-refractivity contribution in [2.75, 3.05) is 19.6 Å². The molecule has 1 aromatic rings. The lowest BCUT2D eigenvalue weighted by molar-refractivity contribution is 0.469. The number of hydrogen-bond acceptors (Lipinski definition) is 3. The minimum absolute atomic E-state index is 0.213. The Morgan fingerprint density at radius 2 is 2.00 bits per heavy atom. The van der Waals surface area contributed by atoms with Gasteiger partial charge < -0.3 is 5.32 Å². The lowest BCUT2D eigenvalue weighted by Crippen LogP contribution is -2.28. The van der Waals surface area contributed by atoms with Crippen LogP contribution in [0.15, 0.2) is 23.1 Å². The van der Waals surface area contributed by atoms with Crippen molar-refractivity contribution in [3.63, 3.8) is 0 Å². The predicted octanol–water partition coefficient (Wildman–Crippen LogP) is 1.72. The first-order chi connectivity index (χ1) is 9.05. The molecule has 1 fully saturated rings. The van der Waals surface area contributed by atoms with Crippen LogP contribution < -0.4 is 5.32 Å². The molecular formula is C13H19FN2O2S. The number of rotatable bonds is 5. The van der Waals surface area contributed by atoms with Gasteiger partial charge in [0.2, 0.25) is 10.0 Å². The highest BCUT2D eigenvalue weighted by Crippen LogP contribution is 2.23. The fourth-order valence-electron chi connectivity index (χ4n) is 2.20. The molecule has 0 bridgehead atoms. The van der Waals surface area contributed by atoms with Crippen molar-refractivity contribution >= 4 is 10.0 Å². The summed E-state index contributed by atoms with van der Waals surface area (Å²) in [6.07, 6.45) is 1.69. The van der Waals surface area contributed by atoms with E-state index in [1.54, 1.807) is 6.07 Å². The molecule has 1 heterocycles. The van der Waals surface area contributed by atoms with E-state index in [1.807, 2.05) is 6.92 Å². The van der Waals surface area contributed by atoms with Crippen LogP contribution in [0.3, 0.4) is 0 Å². The van der Waals surface area contributed by atoms with Gasteiger partial charge in [-0.25, -0.2) is 12.8 Å². The van der Waals surface area contributed by atoms with Gasteiger partial charge in [-0.2, -0.15) is 4.31 Å². The van der Waals surface area contributed by atoms with E-state index >= 15 is 0 Å². The van der Waals surface area contributed by atoms with Gasteiger partial charge in [-0.05, 0) is 37.1 Å². The molecule has 0 aliphatic carbocycles. The maximum atomic E-state index is 14.0. The summed E-state index contributed by atoms with van der Waals surface area (Å²) in [6.45, 7) is 4.26. The van der Waals surface area contributed by atoms with Crippen LogP contribution in [-0.2, 0) is 16.6 Å². The van der Waals surface area contributed by atoms with Crippen LogP contribution in [-0.4, -0.2) is 32.4 Å². The summed E-state index contributed by atoms with van der Waals surface area (Å²) in [5, 5.41) is 3.08. The summed E-state index contributed by atoms with van der Waals surface area (Å²) in [4.78, 5) is -0.213. The summed E-state index contributed by atoms with van der Waals surface area (Å²) in [7, 11) is -3.67. The van der Waals surface area contributed by atoms with E-state index in [-0.39, 0.29) is 4.90 Å². The molecule has 1 aliphatic heterocycles. The monoisotopic (exact) mass is 286 g/mol. The topological polar surface area (TPSA) is 49.4 Å². The molecule has 1 N–H and O–H groups in total. The zero-order valence-corrected chi connectivity index (χ0v) is 11.8. The average molecular weight is 286 g/mol. The fourth-order valence-corrected chi connectivity index (χ4v) is 3.76. The Balaban J connectivity index is 2.25. The first-order valence-electron chi connectivity index (χ1n) is 6.55. The van der Waals surface area contributed by atoms with E-state index in [2.05, 4.69) is 5.32 Å². The van der Waals surface area contributed by atoms with E-state index < -0.39 is 15.8 Å². The molecule has 1 aromatic carbocycles. The van der Waals surface area contributed by atoms with Gasteiger partial charge in [0.05, 0.1) is 0 Å². The van der Waals surface area contributed by atoms with Crippen molar-refractivity contribution in [1.82, 2.24) is 9.62 Å². The highest BCUT2D eigenvalue weighted by Gasteiger charge is 2.29. The minimum Gasteiger partial charge on any atom is -0.313 e. The Morgan fingerprint density at radius 3 is 2.58 bits per heavy atom. The van der Waals surface area contributed by atoms with Crippen LogP contribution in [0.1, 0.15) is 25.3 Å². The summed E-state index contributed by atoms with van der Waals surface area (Å²) in [5.41, 5.74) is 0.750. The van der Waals surface area contributed by atoms with Gasteiger partial charge in [0, 0.05) is 19.6 Å². The summed E-state index contributed by atoms with van der Waals surface area (Å²) in [5.74, 6) is -0.665. The van der Waals surface area contributed by atoms with Gasteiger partial charge in [0.15, 0.2) is 0 Å². The molecule has 106 valence electrons. The van der Waals surface area contributed by atoms with Crippen LogP contribution in [0, 0.1) is 5.82 Å². The van der Waals surface area contributed by atoms with Crippen LogP contribution in [0.4, 0.5) is 4.39 Å². The zero-order valence-electron chi connectivity index (χ0n) is 11.0. The first-order valence-corrected chi connectivity index (χ1v) is 7.99. The summed E-state index contributed by atoms with van der Waals surface area (Å²) < 4.78 is 39.9. The van der Waals surface area contributed by atoms with E-state index in [4.69, 9.17) is 0 Å². The molecule has 2 rings (SSSR count). The minimum atomic E-state index is -3.67. The van der Waals surface area contributed by atoms with E-state index in [9.17, 15) is 12.8 Å². The van der Waals surface area contributed by atoms with Crippen molar-refractivity contribution in [3.8, 4) is 0 Å². The smallest absolute Gasteiger partial charge is 0.245 e. The van der Waals surface area contributed by atoms with Gasteiger partial charge in [-0.15, -0.1) is 0 Å². The number of benzene rings is 1. The summed E-state index contributed by atoms with van der Waals surface area (Å²) >= 11 is 0. The molecule has 1 aliphatic rings. The maximum Gasteiger partial charge on any atom is 0.245 e. The van der Waals surface area contributed by atoms with E-state index in [0.717, 1.165) is 24.9 Å². The molecule has 4 nitrogen and oxygen atoms in total. The third-order valence-corrected chi connectivity index (χ3v) is 5.19. The quantitative estimate of drug-likeness (QED) is 0.896. The van der Waals surface area contributed by atoms with Crippen LogP contribution in [0.5, 0.6) is 0 Å². The van der Waals surface area contributed by atoms with Gasteiger partial charge in [0.25, 0.3) is 0 Å². The second-order valence-corrected chi connectivity index (χ2v) is 6.56. The normalized spacial score (nSPS) is 16.9. The van der Waals surface area contributed by atoms with Gasteiger partial charge >= 0.3 is 0 Å².